The predicted octanol–water partition coefficient (Wildman–Crippen LogP) is 1.73. The van der Waals surface area contributed by atoms with Gasteiger partial charge in [-0.2, -0.15) is 0 Å². The molecule has 18 heavy (non-hydrogen) atoms. The Hall–Kier alpha value is -1.47. The molecule has 0 amide bonds. The number of benzene rings is 1. The maximum absolute atomic E-state index is 12.2. The first-order chi connectivity index (χ1) is 8.27. The number of hydrogen-bond acceptors (Lipinski definition) is 3. The van der Waals surface area contributed by atoms with Gasteiger partial charge in [0.1, 0.15) is 5.82 Å². The van der Waals surface area contributed by atoms with Gasteiger partial charge >= 0.3 is 5.97 Å². The number of carbonyl (C=O) groups is 1. The molecule has 0 bridgehead atoms. The predicted molar refractivity (Wildman–Crippen MR) is 64.9 cm³/mol. The maximum atomic E-state index is 12.2. The Bertz CT molecular complexity index is 470. The van der Waals surface area contributed by atoms with E-state index < -0.39 is 21.8 Å². The SMILES string of the molecule is CCCCC(=O)O.NS(=O)(=O)c1ccc(F)cc1. The molecule has 1 aromatic carbocycles. The standard InChI is InChI=1S/C6H6FNO2S.C5H10O2/c7-5-1-3-6(4-2-5)11(8,9)10;1-2-3-4-5(6)7/h1-4H,(H2,8,9,10);2-4H2,1H3,(H,6,7). The molecule has 0 spiro atoms. The Labute approximate surface area is 105 Å². The highest BCUT2D eigenvalue weighted by atomic mass is 32.2. The van der Waals surface area contributed by atoms with Crippen LogP contribution < -0.4 is 5.14 Å². The summed E-state index contributed by atoms with van der Waals surface area (Å²) < 4.78 is 33.4. The van der Waals surface area contributed by atoms with Gasteiger partial charge in [-0.3, -0.25) is 4.79 Å². The fraction of sp³-hybridized carbons (Fsp3) is 0.364. The summed E-state index contributed by atoms with van der Waals surface area (Å²) in [6.45, 7) is 1.98. The van der Waals surface area contributed by atoms with E-state index in [9.17, 15) is 17.6 Å². The summed E-state index contributed by atoms with van der Waals surface area (Å²) in [6, 6.07) is 4.31. The molecule has 0 aliphatic rings. The van der Waals surface area contributed by atoms with Crippen molar-refractivity contribution in [1.29, 1.82) is 0 Å². The Morgan fingerprint density at radius 3 is 2.11 bits per heavy atom. The molecule has 0 heterocycles. The number of hydrogen-bond donors (Lipinski definition) is 2. The van der Waals surface area contributed by atoms with Gasteiger partial charge in [0, 0.05) is 6.42 Å². The van der Waals surface area contributed by atoms with Crippen molar-refractivity contribution in [2.24, 2.45) is 5.14 Å². The van der Waals surface area contributed by atoms with Crippen LogP contribution in [0.25, 0.3) is 0 Å². The number of carboxylic acid groups (broad SMARTS) is 1. The number of unbranched alkanes of at least 4 members (excludes halogenated alkanes) is 1. The molecule has 0 aliphatic carbocycles. The minimum Gasteiger partial charge on any atom is -0.481 e. The molecule has 0 unspecified atom stereocenters. The molecule has 0 atom stereocenters. The van der Waals surface area contributed by atoms with Gasteiger partial charge in [0.05, 0.1) is 4.90 Å². The van der Waals surface area contributed by atoms with Crippen LogP contribution in [-0.4, -0.2) is 19.5 Å². The first-order valence-electron chi connectivity index (χ1n) is 5.27. The Morgan fingerprint density at radius 1 is 1.33 bits per heavy atom. The van der Waals surface area contributed by atoms with Crippen LogP contribution in [0.1, 0.15) is 26.2 Å². The number of sulfonamides is 1. The summed E-state index contributed by atoms with van der Waals surface area (Å²) in [5, 5.41) is 12.8. The fourth-order valence-electron chi connectivity index (χ4n) is 0.952. The van der Waals surface area contributed by atoms with Crippen LogP contribution in [-0.2, 0) is 14.8 Å². The third-order valence-electron chi connectivity index (χ3n) is 1.89. The second-order valence-corrected chi connectivity index (χ2v) is 5.06. The van der Waals surface area contributed by atoms with Gasteiger partial charge in [-0.05, 0) is 30.7 Å². The molecule has 102 valence electrons. The fourth-order valence-corrected chi connectivity index (χ4v) is 1.47. The lowest BCUT2D eigenvalue weighted by atomic mass is 10.3. The lowest BCUT2D eigenvalue weighted by Crippen LogP contribution is -2.11. The molecule has 0 saturated heterocycles. The van der Waals surface area contributed by atoms with Crippen LogP contribution in [0.4, 0.5) is 4.39 Å². The van der Waals surface area contributed by atoms with Crippen LogP contribution in [0.2, 0.25) is 0 Å². The molecule has 1 rings (SSSR count). The maximum Gasteiger partial charge on any atom is 0.303 e. The second-order valence-electron chi connectivity index (χ2n) is 3.50. The molecule has 0 saturated carbocycles. The van der Waals surface area contributed by atoms with E-state index in [1.807, 2.05) is 6.92 Å². The molecule has 0 radical (unpaired) electrons. The summed E-state index contributed by atoms with van der Waals surface area (Å²) >= 11 is 0. The van der Waals surface area contributed by atoms with Crippen molar-refractivity contribution in [2.75, 3.05) is 0 Å². The number of carboxylic acids is 1. The zero-order chi connectivity index (χ0) is 14.2. The van der Waals surface area contributed by atoms with E-state index >= 15 is 0 Å². The lowest BCUT2D eigenvalue weighted by Gasteiger charge is -1.95. The molecule has 0 aliphatic heterocycles. The monoisotopic (exact) mass is 277 g/mol. The smallest absolute Gasteiger partial charge is 0.303 e. The third-order valence-corrected chi connectivity index (χ3v) is 2.82. The molecular formula is C11H16FNO4S. The summed E-state index contributed by atoms with van der Waals surface area (Å²) in [5.41, 5.74) is 0. The first kappa shape index (κ1) is 16.5. The Morgan fingerprint density at radius 2 is 1.83 bits per heavy atom. The van der Waals surface area contributed by atoms with Crippen LogP contribution in [0.15, 0.2) is 29.2 Å². The summed E-state index contributed by atoms with van der Waals surface area (Å²) in [7, 11) is -3.69. The van der Waals surface area contributed by atoms with E-state index in [-0.39, 0.29) is 4.90 Å². The molecule has 3 N–H and O–H groups in total. The first-order valence-corrected chi connectivity index (χ1v) is 6.82. The highest BCUT2D eigenvalue weighted by Gasteiger charge is 2.05. The number of primary sulfonamides is 1. The van der Waals surface area contributed by atoms with Gasteiger partial charge in [-0.15, -0.1) is 0 Å². The third kappa shape index (κ3) is 7.75. The van der Waals surface area contributed by atoms with Crippen LogP contribution in [0.5, 0.6) is 0 Å². The van der Waals surface area contributed by atoms with Gasteiger partial charge in [0.2, 0.25) is 10.0 Å². The lowest BCUT2D eigenvalue weighted by molar-refractivity contribution is -0.137. The molecular weight excluding hydrogens is 261 g/mol. The van der Waals surface area contributed by atoms with E-state index in [1.54, 1.807) is 0 Å². The summed E-state index contributed by atoms with van der Waals surface area (Å²) in [5.74, 6) is -1.18. The summed E-state index contributed by atoms with van der Waals surface area (Å²) in [6.07, 6.45) is 2.08. The van der Waals surface area contributed by atoms with Crippen molar-refractivity contribution < 1.29 is 22.7 Å². The number of aliphatic carboxylic acids is 1. The number of nitrogens with two attached hydrogens (primary N) is 1. The Balaban J connectivity index is 0.000000360. The van der Waals surface area contributed by atoms with Gasteiger partial charge in [0.15, 0.2) is 0 Å². The topological polar surface area (TPSA) is 97.5 Å². The van der Waals surface area contributed by atoms with Crippen LogP contribution >= 0.6 is 0 Å². The van der Waals surface area contributed by atoms with E-state index in [4.69, 9.17) is 10.2 Å². The van der Waals surface area contributed by atoms with Crippen molar-refractivity contribution in [1.82, 2.24) is 0 Å². The highest BCUT2D eigenvalue weighted by Crippen LogP contribution is 2.06. The van der Waals surface area contributed by atoms with E-state index in [0.717, 1.165) is 37.1 Å². The second kappa shape index (κ2) is 7.78. The van der Waals surface area contributed by atoms with Crippen LogP contribution in [0.3, 0.4) is 0 Å². The normalized spacial score (nSPS) is 10.4. The zero-order valence-corrected chi connectivity index (χ0v) is 10.8. The van der Waals surface area contributed by atoms with Gasteiger partial charge in [0.25, 0.3) is 0 Å². The minimum atomic E-state index is -3.69. The van der Waals surface area contributed by atoms with Crippen LogP contribution in [0, 0.1) is 5.82 Å². The molecule has 0 fully saturated rings. The molecule has 1 aromatic rings. The minimum absolute atomic E-state index is 0.0844. The van der Waals surface area contributed by atoms with Crippen molar-refractivity contribution in [3.63, 3.8) is 0 Å². The number of halogens is 1. The van der Waals surface area contributed by atoms with Crippen molar-refractivity contribution in [3.8, 4) is 0 Å². The molecule has 5 nitrogen and oxygen atoms in total. The summed E-state index contributed by atoms with van der Waals surface area (Å²) in [4.78, 5) is 9.67. The Kier molecular flexibility index (Phi) is 7.14. The average molecular weight is 277 g/mol. The van der Waals surface area contributed by atoms with Gasteiger partial charge < -0.3 is 5.11 Å². The zero-order valence-electron chi connectivity index (χ0n) is 9.97. The van der Waals surface area contributed by atoms with Gasteiger partial charge in [-0.1, -0.05) is 13.3 Å². The van der Waals surface area contributed by atoms with Crippen molar-refractivity contribution in [2.45, 2.75) is 31.1 Å². The number of rotatable bonds is 4. The molecule has 7 heteroatoms. The average Bonchev–Trinajstić information content (AvgIpc) is 2.26. The van der Waals surface area contributed by atoms with Crippen molar-refractivity contribution >= 4 is 16.0 Å². The molecule has 0 aromatic heterocycles. The van der Waals surface area contributed by atoms with E-state index in [1.165, 1.54) is 0 Å². The highest BCUT2D eigenvalue weighted by molar-refractivity contribution is 7.89. The largest absolute Gasteiger partial charge is 0.481 e. The van der Waals surface area contributed by atoms with Crippen molar-refractivity contribution in [3.05, 3.63) is 30.1 Å². The van der Waals surface area contributed by atoms with E-state index in [2.05, 4.69) is 0 Å². The van der Waals surface area contributed by atoms with E-state index in [0.29, 0.717) is 6.42 Å². The quantitative estimate of drug-likeness (QED) is 0.875. The van der Waals surface area contributed by atoms with Gasteiger partial charge in [-0.25, -0.2) is 17.9 Å².